The van der Waals surface area contributed by atoms with Crippen molar-refractivity contribution in [3.8, 4) is 11.1 Å². The lowest BCUT2D eigenvalue weighted by molar-refractivity contribution is 0.0950. The molecule has 1 heterocycles. The van der Waals surface area contributed by atoms with Gasteiger partial charge in [-0.05, 0) is 80.7 Å². The number of imidazole rings is 1. The Bertz CT molecular complexity index is 1690. The third-order valence-electron chi connectivity index (χ3n) is 6.78. The number of aromatic nitrogens is 2. The van der Waals surface area contributed by atoms with Crippen LogP contribution in [0.4, 0.5) is 0 Å². The zero-order valence-corrected chi connectivity index (χ0v) is 20.8. The number of rotatable bonds is 6. The van der Waals surface area contributed by atoms with Crippen molar-refractivity contribution in [1.82, 2.24) is 14.9 Å². The highest BCUT2D eigenvalue weighted by Crippen LogP contribution is 2.27. The molecule has 37 heavy (non-hydrogen) atoms. The topological polar surface area (TPSA) is 46.9 Å². The highest BCUT2D eigenvalue weighted by atomic mass is 35.5. The molecule has 0 aliphatic rings. The molecule has 0 saturated carbocycles. The number of hydrogen-bond acceptors (Lipinski definition) is 2. The first-order valence-corrected chi connectivity index (χ1v) is 12.6. The molecule has 1 amide bonds. The molecule has 0 fully saturated rings. The lowest BCUT2D eigenvalue weighted by Crippen LogP contribution is -2.31. The highest BCUT2D eigenvalue weighted by Gasteiger charge is 2.16. The van der Waals surface area contributed by atoms with Crippen LogP contribution in [0.2, 0.25) is 5.02 Å². The van der Waals surface area contributed by atoms with E-state index in [1.165, 1.54) is 21.5 Å². The Kier molecular flexibility index (Phi) is 6.17. The lowest BCUT2D eigenvalue weighted by atomic mass is 9.98. The average molecular weight is 502 g/mol. The zero-order valence-electron chi connectivity index (χ0n) is 20.0. The van der Waals surface area contributed by atoms with Crippen LogP contribution in [-0.4, -0.2) is 22.0 Å². The molecule has 6 rings (SSSR count). The van der Waals surface area contributed by atoms with Crippen molar-refractivity contribution in [1.29, 1.82) is 0 Å². The summed E-state index contributed by atoms with van der Waals surface area (Å²) < 4.78 is 2.03. The maximum atomic E-state index is 13.0. The Morgan fingerprint density at radius 1 is 0.784 bits per heavy atom. The van der Waals surface area contributed by atoms with Crippen molar-refractivity contribution >= 4 is 39.1 Å². The van der Waals surface area contributed by atoms with Crippen molar-refractivity contribution < 1.29 is 4.79 Å². The van der Waals surface area contributed by atoms with Crippen molar-refractivity contribution in [3.63, 3.8) is 0 Å². The minimum absolute atomic E-state index is 0.0874. The maximum absolute atomic E-state index is 13.0. The van der Waals surface area contributed by atoms with E-state index < -0.39 is 0 Å². The maximum Gasteiger partial charge on any atom is 0.251 e. The lowest BCUT2D eigenvalue weighted by Gasteiger charge is -2.20. The zero-order chi connectivity index (χ0) is 25.2. The summed E-state index contributed by atoms with van der Waals surface area (Å²) in [6.45, 7) is 0.438. The Labute approximate surface area is 220 Å². The van der Waals surface area contributed by atoms with Crippen LogP contribution in [-0.2, 0) is 0 Å². The van der Waals surface area contributed by atoms with E-state index >= 15 is 0 Å². The second-order valence-electron chi connectivity index (χ2n) is 9.13. The normalized spacial score (nSPS) is 12.0. The first-order valence-electron chi connectivity index (χ1n) is 12.2. The van der Waals surface area contributed by atoms with Crippen LogP contribution in [0.15, 0.2) is 122 Å². The van der Waals surface area contributed by atoms with Crippen LogP contribution < -0.4 is 5.32 Å². The molecule has 0 radical (unpaired) electrons. The molecule has 0 aliphatic heterocycles. The van der Waals surface area contributed by atoms with E-state index in [9.17, 15) is 4.79 Å². The Morgan fingerprint density at radius 2 is 1.43 bits per heavy atom. The van der Waals surface area contributed by atoms with Gasteiger partial charge in [0.15, 0.2) is 0 Å². The molecule has 1 unspecified atom stereocenters. The van der Waals surface area contributed by atoms with Crippen LogP contribution in [0.3, 0.4) is 0 Å². The molecule has 1 N–H and O–H groups in total. The van der Waals surface area contributed by atoms with Gasteiger partial charge in [-0.2, -0.15) is 0 Å². The van der Waals surface area contributed by atoms with Crippen molar-refractivity contribution in [2.24, 2.45) is 0 Å². The summed E-state index contributed by atoms with van der Waals surface area (Å²) in [5, 5.41) is 8.62. The Morgan fingerprint density at radius 3 is 2.11 bits per heavy atom. The summed E-state index contributed by atoms with van der Waals surface area (Å²) in [5.41, 5.74) is 3.82. The smallest absolute Gasteiger partial charge is 0.251 e. The average Bonchev–Trinajstić information content (AvgIpc) is 3.47. The number of nitrogens with zero attached hydrogens (tertiary/aromatic N) is 2. The molecule has 0 aliphatic carbocycles. The monoisotopic (exact) mass is 501 g/mol. The fourth-order valence-electron chi connectivity index (χ4n) is 4.76. The molecule has 1 aromatic heterocycles. The molecule has 4 nitrogen and oxygen atoms in total. The van der Waals surface area contributed by atoms with E-state index in [1.54, 1.807) is 12.5 Å². The largest absolute Gasteiger partial charge is 0.350 e. The van der Waals surface area contributed by atoms with E-state index in [4.69, 9.17) is 11.6 Å². The van der Waals surface area contributed by atoms with Gasteiger partial charge in [0.2, 0.25) is 0 Å². The van der Waals surface area contributed by atoms with Gasteiger partial charge in [0.25, 0.3) is 5.91 Å². The van der Waals surface area contributed by atoms with Gasteiger partial charge in [0, 0.05) is 29.5 Å². The molecular weight excluding hydrogens is 478 g/mol. The Balaban J connectivity index is 1.24. The van der Waals surface area contributed by atoms with E-state index in [0.717, 1.165) is 16.7 Å². The van der Waals surface area contributed by atoms with Crippen LogP contribution >= 0.6 is 11.6 Å². The molecule has 180 valence electrons. The van der Waals surface area contributed by atoms with Gasteiger partial charge in [0.1, 0.15) is 0 Å². The van der Waals surface area contributed by atoms with Gasteiger partial charge < -0.3 is 9.88 Å². The van der Waals surface area contributed by atoms with Crippen LogP contribution in [0.1, 0.15) is 22.0 Å². The van der Waals surface area contributed by atoms with Gasteiger partial charge in [0.05, 0.1) is 12.4 Å². The van der Waals surface area contributed by atoms with E-state index in [2.05, 4.69) is 64.9 Å². The first kappa shape index (κ1) is 23.0. The van der Waals surface area contributed by atoms with Crippen molar-refractivity contribution in [2.75, 3.05) is 6.54 Å². The van der Waals surface area contributed by atoms with E-state index in [1.807, 2.05) is 59.3 Å². The number of carbonyl (C=O) groups is 1. The second kappa shape index (κ2) is 9.92. The fourth-order valence-corrected chi connectivity index (χ4v) is 4.89. The summed E-state index contributed by atoms with van der Waals surface area (Å²) in [4.78, 5) is 17.3. The number of benzene rings is 5. The molecule has 0 spiro atoms. The van der Waals surface area contributed by atoms with Gasteiger partial charge in [-0.15, -0.1) is 0 Å². The molecule has 5 heteroatoms. The molecule has 1 atom stereocenters. The summed E-state index contributed by atoms with van der Waals surface area (Å²) in [5.74, 6) is -0.112. The standard InChI is InChI=1S/C32H24ClN3O/c33-30-13-11-23(12-14-30)22-5-7-24(8-6-22)32(37)35-20-31(36-16-15-34-21-36)28-10-9-27-17-25-3-1-2-4-26(25)18-29(27)19-28/h1-19,21,31H,20H2,(H,35,37). The molecular formula is C32H24ClN3O. The predicted molar refractivity (Wildman–Crippen MR) is 151 cm³/mol. The number of amides is 1. The second-order valence-corrected chi connectivity index (χ2v) is 9.56. The minimum atomic E-state index is -0.112. The SMILES string of the molecule is O=C(NCC(c1ccc2cc3ccccc3cc2c1)n1ccnc1)c1ccc(-c2ccc(Cl)cc2)cc1. The van der Waals surface area contributed by atoms with Gasteiger partial charge in [-0.1, -0.05) is 72.3 Å². The molecule has 5 aromatic carbocycles. The predicted octanol–water partition coefficient (Wildman–Crippen LogP) is 7.53. The van der Waals surface area contributed by atoms with Crippen LogP contribution in [0.5, 0.6) is 0 Å². The van der Waals surface area contributed by atoms with Crippen LogP contribution in [0, 0.1) is 0 Å². The number of hydrogen-bond donors (Lipinski definition) is 1. The summed E-state index contributed by atoms with van der Waals surface area (Å²) in [6.07, 6.45) is 5.49. The van der Waals surface area contributed by atoms with E-state index in [0.29, 0.717) is 17.1 Å². The Hall–Kier alpha value is -4.41. The van der Waals surface area contributed by atoms with Gasteiger partial charge in [-0.25, -0.2) is 4.98 Å². The molecule has 0 saturated heterocycles. The van der Waals surface area contributed by atoms with Crippen molar-refractivity contribution in [3.05, 3.63) is 138 Å². The number of fused-ring (bicyclic) bond motifs is 2. The van der Waals surface area contributed by atoms with Crippen LogP contribution in [0.25, 0.3) is 32.7 Å². The van der Waals surface area contributed by atoms with Gasteiger partial charge in [-0.3, -0.25) is 4.79 Å². The quantitative estimate of drug-likeness (QED) is 0.240. The number of halogens is 1. The number of nitrogens with one attached hydrogen (secondary N) is 1. The fraction of sp³-hybridized carbons (Fsp3) is 0.0625. The summed E-state index contributed by atoms with van der Waals surface area (Å²) in [7, 11) is 0. The first-order chi connectivity index (χ1) is 18.1. The number of carbonyl (C=O) groups excluding carboxylic acids is 1. The molecule has 0 bridgehead atoms. The highest BCUT2D eigenvalue weighted by molar-refractivity contribution is 6.30. The summed E-state index contributed by atoms with van der Waals surface area (Å²) in [6, 6.07) is 34.5. The molecule has 6 aromatic rings. The minimum Gasteiger partial charge on any atom is -0.350 e. The third kappa shape index (κ3) is 4.84. The third-order valence-corrected chi connectivity index (χ3v) is 7.03. The van der Waals surface area contributed by atoms with Crippen molar-refractivity contribution in [2.45, 2.75) is 6.04 Å². The summed E-state index contributed by atoms with van der Waals surface area (Å²) >= 11 is 6.00. The van der Waals surface area contributed by atoms with Gasteiger partial charge >= 0.3 is 0 Å². The van der Waals surface area contributed by atoms with E-state index in [-0.39, 0.29) is 11.9 Å².